The lowest BCUT2D eigenvalue weighted by atomic mass is 10.4. The van der Waals surface area contributed by atoms with E-state index in [-0.39, 0.29) is 0 Å². The molecule has 1 aliphatic heterocycles. The molecule has 33 heavy (non-hydrogen) atoms. The highest BCUT2D eigenvalue weighted by Crippen LogP contribution is 2.73. The summed E-state index contributed by atoms with van der Waals surface area (Å²) in [5, 5.41) is 3.87. The van der Waals surface area contributed by atoms with Gasteiger partial charge in [-0.15, -0.1) is 0 Å². The average Bonchev–Trinajstić information content (AvgIpc) is 2.90. The molecule has 5 nitrogen and oxygen atoms in total. The third-order valence-corrected chi connectivity index (χ3v) is 16.4. The maximum absolute atomic E-state index is 14.2. The summed E-state index contributed by atoms with van der Waals surface area (Å²) >= 11 is 0. The lowest BCUT2D eigenvalue weighted by molar-refractivity contribution is 0.392. The SMILES string of the molecule is COP1(=O)N=P(c2ccccc2)(c2ccccc2)N=P(c2ccccc2)(c2ccccc2)N1. The Balaban J connectivity index is 1.99. The van der Waals surface area contributed by atoms with Crippen molar-refractivity contribution in [2.24, 2.45) is 9.03 Å². The van der Waals surface area contributed by atoms with Gasteiger partial charge in [-0.1, -0.05) is 121 Å². The van der Waals surface area contributed by atoms with Crippen LogP contribution in [0.4, 0.5) is 0 Å². The van der Waals surface area contributed by atoms with Crippen molar-refractivity contribution in [2.75, 3.05) is 7.11 Å². The number of hydrogen-bond donors (Lipinski definition) is 1. The van der Waals surface area contributed by atoms with Crippen LogP contribution in [0.2, 0.25) is 0 Å². The lowest BCUT2D eigenvalue weighted by Gasteiger charge is -2.37. The topological polar surface area (TPSA) is 63.0 Å². The number of benzene rings is 4. The van der Waals surface area contributed by atoms with Crippen LogP contribution in [0.15, 0.2) is 130 Å². The lowest BCUT2D eigenvalue weighted by Crippen LogP contribution is -2.30. The van der Waals surface area contributed by atoms with E-state index >= 15 is 0 Å². The van der Waals surface area contributed by atoms with E-state index in [0.717, 1.165) is 21.2 Å². The van der Waals surface area contributed by atoms with Gasteiger partial charge in [0.25, 0.3) is 0 Å². The van der Waals surface area contributed by atoms with Crippen LogP contribution in [0.3, 0.4) is 0 Å². The molecule has 1 heterocycles. The summed E-state index contributed by atoms with van der Waals surface area (Å²) in [6.07, 6.45) is 0. The van der Waals surface area contributed by atoms with Gasteiger partial charge in [0, 0.05) is 28.3 Å². The van der Waals surface area contributed by atoms with Crippen molar-refractivity contribution in [3.63, 3.8) is 0 Å². The first-order valence-electron chi connectivity index (χ1n) is 10.6. The predicted molar refractivity (Wildman–Crippen MR) is 141 cm³/mol. The van der Waals surface area contributed by atoms with Crippen LogP contribution >= 0.6 is 22.1 Å². The highest BCUT2D eigenvalue weighted by molar-refractivity contribution is 7.97. The van der Waals surface area contributed by atoms with Crippen LogP contribution in [0.25, 0.3) is 0 Å². The molecule has 0 spiro atoms. The molecule has 8 heteroatoms. The first-order chi connectivity index (χ1) is 16.1. The Labute approximate surface area is 194 Å². The largest absolute Gasteiger partial charge is 0.392 e. The van der Waals surface area contributed by atoms with Crippen molar-refractivity contribution in [3.8, 4) is 0 Å². The highest BCUT2D eigenvalue weighted by Gasteiger charge is 2.44. The van der Waals surface area contributed by atoms with Crippen LogP contribution in [0, 0.1) is 0 Å². The van der Waals surface area contributed by atoms with Crippen molar-refractivity contribution in [1.82, 2.24) is 4.86 Å². The van der Waals surface area contributed by atoms with Gasteiger partial charge in [0.15, 0.2) is 0 Å². The molecule has 0 saturated carbocycles. The van der Waals surface area contributed by atoms with E-state index in [9.17, 15) is 4.57 Å². The van der Waals surface area contributed by atoms with E-state index in [4.69, 9.17) is 13.6 Å². The molecule has 1 aliphatic rings. The molecular formula is C25H24N3O2P3. The molecule has 4 aromatic carbocycles. The zero-order valence-corrected chi connectivity index (χ0v) is 20.8. The van der Waals surface area contributed by atoms with Crippen LogP contribution in [-0.4, -0.2) is 7.11 Å². The zero-order chi connectivity index (χ0) is 22.8. The number of nitrogens with zero attached hydrogens (tertiary/aromatic N) is 2. The summed E-state index contributed by atoms with van der Waals surface area (Å²) < 4.78 is 30.5. The van der Waals surface area contributed by atoms with E-state index in [0.29, 0.717) is 0 Å². The van der Waals surface area contributed by atoms with E-state index in [2.05, 4.69) is 4.86 Å². The standard InChI is InChI=1S/C25H24N3O2P3/c1-30-33(29)27-31(22-14-6-2-7-15-22,23-16-8-3-9-17-23)26-32(28-33,24-18-10-4-11-19-24)25-20-12-5-13-21-25/h2-21H,1H3,(H,27,29). The van der Waals surface area contributed by atoms with Crippen LogP contribution < -0.4 is 26.1 Å². The van der Waals surface area contributed by atoms with Crippen molar-refractivity contribution in [3.05, 3.63) is 121 Å². The summed E-state index contributed by atoms with van der Waals surface area (Å²) in [4.78, 5) is 3.36. The van der Waals surface area contributed by atoms with Crippen molar-refractivity contribution in [2.45, 2.75) is 0 Å². The molecule has 0 radical (unpaired) electrons. The van der Waals surface area contributed by atoms with Crippen LogP contribution in [0.1, 0.15) is 0 Å². The molecule has 166 valence electrons. The van der Waals surface area contributed by atoms with E-state index in [1.54, 1.807) is 0 Å². The minimum Gasteiger partial charge on any atom is -0.304 e. The summed E-state index contributed by atoms with van der Waals surface area (Å²) in [5.41, 5.74) is 0. The average molecular weight is 491 g/mol. The van der Waals surface area contributed by atoms with Crippen LogP contribution in [-0.2, 0) is 9.09 Å². The fraction of sp³-hybridized carbons (Fsp3) is 0.0400. The Kier molecular flexibility index (Phi) is 6.10. The Morgan fingerprint density at radius 2 is 0.939 bits per heavy atom. The third-order valence-electron chi connectivity index (χ3n) is 5.52. The summed E-state index contributed by atoms with van der Waals surface area (Å²) in [7, 11) is -7.74. The number of rotatable bonds is 5. The highest BCUT2D eigenvalue weighted by atomic mass is 31.3. The van der Waals surface area contributed by atoms with Gasteiger partial charge >= 0.3 is 7.67 Å². The van der Waals surface area contributed by atoms with E-state index < -0.39 is 22.1 Å². The molecule has 5 rings (SSSR count). The molecule has 0 saturated heterocycles. The van der Waals surface area contributed by atoms with E-state index in [1.165, 1.54) is 7.11 Å². The van der Waals surface area contributed by atoms with Crippen molar-refractivity contribution in [1.29, 1.82) is 0 Å². The summed E-state index contributed by atoms with van der Waals surface area (Å²) in [5.74, 6) is 0. The maximum Gasteiger partial charge on any atom is 0.392 e. The first-order valence-corrected chi connectivity index (χ1v) is 15.6. The molecule has 1 unspecified atom stereocenters. The van der Waals surface area contributed by atoms with Gasteiger partial charge in [-0.2, -0.15) is 9.37 Å². The second-order valence-corrected chi connectivity index (χ2v) is 15.7. The van der Waals surface area contributed by atoms with Crippen molar-refractivity contribution < 1.29 is 9.09 Å². The van der Waals surface area contributed by atoms with Crippen molar-refractivity contribution >= 4 is 43.3 Å². The first kappa shape index (κ1) is 22.3. The summed E-state index contributed by atoms with van der Waals surface area (Å²) in [6, 6.07) is 40.1. The normalized spacial score (nSPS) is 20.9. The molecule has 0 aromatic heterocycles. The molecule has 4 aromatic rings. The molecule has 0 amide bonds. The van der Waals surface area contributed by atoms with Gasteiger partial charge in [-0.3, -0.25) is 0 Å². The number of nitrogens with one attached hydrogen (secondary N) is 1. The Morgan fingerprint density at radius 3 is 1.30 bits per heavy atom. The Hall–Kier alpha value is -2.51. The Morgan fingerprint density at radius 1 is 0.576 bits per heavy atom. The minimum atomic E-state index is -3.62. The monoisotopic (exact) mass is 491 g/mol. The van der Waals surface area contributed by atoms with E-state index in [1.807, 2.05) is 121 Å². The quantitative estimate of drug-likeness (QED) is 0.355. The smallest absolute Gasteiger partial charge is 0.304 e. The summed E-state index contributed by atoms with van der Waals surface area (Å²) in [6.45, 7) is 0. The molecule has 1 N–H and O–H groups in total. The molecule has 0 bridgehead atoms. The van der Waals surface area contributed by atoms with Gasteiger partial charge < -0.3 is 4.52 Å². The maximum atomic E-state index is 14.2. The fourth-order valence-electron chi connectivity index (χ4n) is 3.97. The zero-order valence-electron chi connectivity index (χ0n) is 18.1. The van der Waals surface area contributed by atoms with Gasteiger partial charge in [-0.05, 0) is 0 Å². The minimum absolute atomic E-state index is 0.950. The fourth-order valence-corrected chi connectivity index (χ4v) is 16.9. The van der Waals surface area contributed by atoms with Gasteiger partial charge in [0.1, 0.15) is 14.4 Å². The molecule has 0 fully saturated rings. The predicted octanol–water partition coefficient (Wildman–Crippen LogP) is 5.88. The third kappa shape index (κ3) is 4.02. The number of hydrogen-bond acceptors (Lipinski definition) is 3. The molecule has 1 atom stereocenters. The Bertz CT molecular complexity index is 1320. The second-order valence-electron chi connectivity index (χ2n) is 7.56. The molecule has 0 aliphatic carbocycles. The van der Waals surface area contributed by atoms with Gasteiger partial charge in [0.05, 0.1) is 0 Å². The van der Waals surface area contributed by atoms with Crippen LogP contribution in [0.5, 0.6) is 0 Å². The molecular weight excluding hydrogens is 467 g/mol. The van der Waals surface area contributed by atoms with Gasteiger partial charge in [0.2, 0.25) is 0 Å². The van der Waals surface area contributed by atoms with Gasteiger partial charge in [-0.25, -0.2) is 9.08 Å². The second kappa shape index (κ2) is 9.03.